The molecule has 0 bridgehead atoms. The first kappa shape index (κ1) is 20.4. The van der Waals surface area contributed by atoms with Gasteiger partial charge in [0.15, 0.2) is 0 Å². The Morgan fingerprint density at radius 3 is 2.43 bits per heavy atom. The molecule has 0 aliphatic heterocycles. The summed E-state index contributed by atoms with van der Waals surface area (Å²) in [6, 6.07) is 19.2. The minimum atomic E-state index is -0.180. The van der Waals surface area contributed by atoms with Crippen molar-refractivity contribution in [1.29, 1.82) is 0 Å². The Kier molecular flexibility index (Phi) is 6.29. The van der Waals surface area contributed by atoms with Gasteiger partial charge in [0.05, 0.1) is 5.56 Å². The highest BCUT2D eigenvalue weighted by atomic mass is 32.1. The summed E-state index contributed by atoms with van der Waals surface area (Å²) in [4.78, 5) is 27.1. The first-order valence-electron chi connectivity index (χ1n) is 10.4. The number of amides is 2. The molecule has 2 amide bonds. The zero-order chi connectivity index (χ0) is 20.9. The molecule has 0 fully saturated rings. The fourth-order valence-corrected chi connectivity index (χ4v) is 5.30. The minimum Gasteiger partial charge on any atom is -0.352 e. The lowest BCUT2D eigenvalue weighted by Crippen LogP contribution is -2.28. The van der Waals surface area contributed by atoms with E-state index in [1.165, 1.54) is 10.4 Å². The van der Waals surface area contributed by atoms with Gasteiger partial charge in [0.25, 0.3) is 11.8 Å². The van der Waals surface area contributed by atoms with Gasteiger partial charge in [0.2, 0.25) is 0 Å². The number of fused-ring (bicyclic) bond motifs is 1. The zero-order valence-corrected chi connectivity index (χ0v) is 17.9. The largest absolute Gasteiger partial charge is 0.352 e. The highest BCUT2D eigenvalue weighted by Gasteiger charge is 2.28. The predicted octanol–water partition coefficient (Wildman–Crippen LogP) is 5.10. The lowest BCUT2D eigenvalue weighted by atomic mass is 9.88. The lowest BCUT2D eigenvalue weighted by molar-refractivity contribution is 0.0954. The molecule has 154 valence electrons. The van der Waals surface area contributed by atoms with Crippen LogP contribution in [0.15, 0.2) is 60.7 Å². The molecule has 2 aromatic carbocycles. The fraction of sp³-hybridized carbons (Fsp3) is 0.280. The van der Waals surface area contributed by atoms with Crippen molar-refractivity contribution in [3.8, 4) is 0 Å². The van der Waals surface area contributed by atoms with Gasteiger partial charge >= 0.3 is 0 Å². The van der Waals surface area contributed by atoms with E-state index >= 15 is 0 Å². The van der Waals surface area contributed by atoms with Crippen LogP contribution in [-0.4, -0.2) is 18.4 Å². The number of hydrogen-bond donors (Lipinski definition) is 2. The molecule has 4 nitrogen and oxygen atoms in total. The molecule has 3 aromatic rings. The average molecular weight is 419 g/mol. The quantitative estimate of drug-likeness (QED) is 0.585. The summed E-state index contributed by atoms with van der Waals surface area (Å²) in [5.41, 5.74) is 3.54. The Balaban J connectivity index is 1.54. The maximum Gasteiger partial charge on any atom is 0.256 e. The molecule has 4 rings (SSSR count). The second-order valence-electron chi connectivity index (χ2n) is 7.87. The van der Waals surface area contributed by atoms with E-state index in [0.717, 1.165) is 31.2 Å². The second-order valence-corrected chi connectivity index (χ2v) is 8.97. The molecule has 1 aliphatic carbocycles. The zero-order valence-electron chi connectivity index (χ0n) is 17.1. The van der Waals surface area contributed by atoms with E-state index < -0.39 is 0 Å². The van der Waals surface area contributed by atoms with E-state index in [-0.39, 0.29) is 11.8 Å². The van der Waals surface area contributed by atoms with Crippen molar-refractivity contribution < 1.29 is 9.59 Å². The number of rotatable bonds is 6. The van der Waals surface area contributed by atoms with Crippen LogP contribution in [0.1, 0.15) is 50.1 Å². The number of benzene rings is 2. The first-order valence-corrected chi connectivity index (χ1v) is 11.3. The van der Waals surface area contributed by atoms with Crippen LogP contribution >= 0.6 is 11.3 Å². The van der Waals surface area contributed by atoms with Gasteiger partial charge in [-0.3, -0.25) is 9.59 Å². The molecule has 1 heterocycles. The Labute approximate surface area is 181 Å². The summed E-state index contributed by atoms with van der Waals surface area (Å²) >= 11 is 1.55. The van der Waals surface area contributed by atoms with Crippen LogP contribution < -0.4 is 10.6 Å². The van der Waals surface area contributed by atoms with Crippen molar-refractivity contribution in [2.24, 2.45) is 5.92 Å². The topological polar surface area (TPSA) is 58.2 Å². The normalized spacial score (nSPS) is 15.3. The van der Waals surface area contributed by atoms with E-state index in [0.29, 0.717) is 28.6 Å². The molecule has 0 spiro atoms. The average Bonchev–Trinajstić information content (AvgIpc) is 3.11. The van der Waals surface area contributed by atoms with Gasteiger partial charge in [-0.15, -0.1) is 11.3 Å². The molecule has 1 atom stereocenters. The third kappa shape index (κ3) is 4.62. The standard InChI is InChI=1S/C25H26N2O2S/c1-17-12-13-20-21(16-17)30-25(27-23(28)19-10-6-3-7-11-19)22(20)24(29)26-15-14-18-8-4-2-5-9-18/h2-11,17H,12-16H2,1H3,(H,26,29)(H,27,28)/t17-/m0/s1. The van der Waals surface area contributed by atoms with Gasteiger partial charge in [-0.2, -0.15) is 0 Å². The Hall–Kier alpha value is -2.92. The summed E-state index contributed by atoms with van der Waals surface area (Å²) in [5, 5.41) is 6.74. The van der Waals surface area contributed by atoms with Crippen molar-refractivity contribution in [3.05, 3.63) is 87.8 Å². The SMILES string of the molecule is C[C@H]1CCc2c(sc(NC(=O)c3ccccc3)c2C(=O)NCCc2ccccc2)C1. The van der Waals surface area contributed by atoms with E-state index in [1.807, 2.05) is 36.4 Å². The summed E-state index contributed by atoms with van der Waals surface area (Å²) in [6.07, 6.45) is 3.70. The molecule has 0 saturated carbocycles. The summed E-state index contributed by atoms with van der Waals surface area (Å²) < 4.78 is 0. The number of carbonyl (C=O) groups is 2. The van der Waals surface area contributed by atoms with Gasteiger partial charge in [0, 0.05) is 17.0 Å². The smallest absolute Gasteiger partial charge is 0.256 e. The maximum absolute atomic E-state index is 13.1. The molecule has 30 heavy (non-hydrogen) atoms. The van der Waals surface area contributed by atoms with Crippen molar-refractivity contribution in [1.82, 2.24) is 5.32 Å². The molecule has 1 aromatic heterocycles. The molecule has 0 unspecified atom stereocenters. The number of thiophene rings is 1. The number of hydrogen-bond acceptors (Lipinski definition) is 3. The van der Waals surface area contributed by atoms with Crippen LogP contribution in [0.5, 0.6) is 0 Å². The Morgan fingerprint density at radius 1 is 1.00 bits per heavy atom. The van der Waals surface area contributed by atoms with Gasteiger partial charge in [-0.05, 0) is 54.9 Å². The molecule has 5 heteroatoms. The van der Waals surface area contributed by atoms with Crippen LogP contribution in [0.4, 0.5) is 5.00 Å². The lowest BCUT2D eigenvalue weighted by Gasteiger charge is -2.18. The van der Waals surface area contributed by atoms with Gasteiger partial charge < -0.3 is 10.6 Å². The summed E-state index contributed by atoms with van der Waals surface area (Å²) in [6.45, 7) is 2.81. The third-order valence-corrected chi connectivity index (χ3v) is 6.71. The van der Waals surface area contributed by atoms with Crippen molar-refractivity contribution in [3.63, 3.8) is 0 Å². The van der Waals surface area contributed by atoms with Gasteiger partial charge in [0.1, 0.15) is 5.00 Å². The van der Waals surface area contributed by atoms with Crippen LogP contribution in [0.25, 0.3) is 0 Å². The summed E-state index contributed by atoms with van der Waals surface area (Å²) in [7, 11) is 0. The van der Waals surface area contributed by atoms with Gasteiger partial charge in [-0.25, -0.2) is 0 Å². The van der Waals surface area contributed by atoms with Gasteiger partial charge in [-0.1, -0.05) is 55.5 Å². The van der Waals surface area contributed by atoms with Crippen LogP contribution in [0.3, 0.4) is 0 Å². The Morgan fingerprint density at radius 2 is 1.70 bits per heavy atom. The molecule has 2 N–H and O–H groups in total. The first-order chi connectivity index (χ1) is 14.6. The van der Waals surface area contributed by atoms with Crippen LogP contribution in [0.2, 0.25) is 0 Å². The molecule has 0 saturated heterocycles. The highest BCUT2D eigenvalue weighted by molar-refractivity contribution is 7.17. The predicted molar refractivity (Wildman–Crippen MR) is 122 cm³/mol. The molecular weight excluding hydrogens is 392 g/mol. The number of nitrogens with one attached hydrogen (secondary N) is 2. The maximum atomic E-state index is 13.1. The molecular formula is C25H26N2O2S. The van der Waals surface area contributed by atoms with E-state index in [2.05, 4.69) is 29.7 Å². The van der Waals surface area contributed by atoms with E-state index in [9.17, 15) is 9.59 Å². The van der Waals surface area contributed by atoms with Crippen LogP contribution in [-0.2, 0) is 19.3 Å². The Bertz CT molecular complexity index is 1030. The van der Waals surface area contributed by atoms with Crippen LogP contribution in [0, 0.1) is 5.92 Å². The highest BCUT2D eigenvalue weighted by Crippen LogP contribution is 2.39. The number of anilines is 1. The fourth-order valence-electron chi connectivity index (χ4n) is 3.90. The molecule has 1 aliphatic rings. The van der Waals surface area contributed by atoms with E-state index in [1.54, 1.807) is 23.5 Å². The summed E-state index contributed by atoms with van der Waals surface area (Å²) in [5.74, 6) is 0.324. The van der Waals surface area contributed by atoms with Crippen molar-refractivity contribution in [2.75, 3.05) is 11.9 Å². The third-order valence-electron chi connectivity index (χ3n) is 5.54. The van der Waals surface area contributed by atoms with Crippen molar-refractivity contribution >= 4 is 28.2 Å². The van der Waals surface area contributed by atoms with Crippen molar-refractivity contribution in [2.45, 2.75) is 32.6 Å². The molecule has 0 radical (unpaired) electrons. The number of carbonyl (C=O) groups excluding carboxylic acids is 2. The second kappa shape index (κ2) is 9.26. The minimum absolute atomic E-state index is 0.0960. The van der Waals surface area contributed by atoms with E-state index in [4.69, 9.17) is 0 Å². The monoisotopic (exact) mass is 418 g/mol.